The number of hydrogen-bond acceptors (Lipinski definition) is 1. The summed E-state index contributed by atoms with van der Waals surface area (Å²) in [5.74, 6) is 0. The molecule has 0 spiro atoms. The Kier molecular flexibility index (Phi) is 4.28. The Morgan fingerprint density at radius 2 is 1.88 bits per heavy atom. The monoisotopic (exact) mass is 367 g/mol. The predicted octanol–water partition coefficient (Wildman–Crippen LogP) is 4.70. The molecule has 0 unspecified atom stereocenters. The summed E-state index contributed by atoms with van der Waals surface area (Å²) in [4.78, 5) is 3.19. The molecule has 0 aliphatic heterocycles. The van der Waals surface area contributed by atoms with Crippen LogP contribution in [0.3, 0.4) is 0 Å². The summed E-state index contributed by atoms with van der Waals surface area (Å²) in [6, 6.07) is 0.367. The zero-order valence-electron chi connectivity index (χ0n) is 7.45. The largest absolute Gasteiger partial charge is 0.433 e. The van der Waals surface area contributed by atoms with Crippen molar-refractivity contribution in [2.45, 2.75) is 17.9 Å². The number of hydrogen-bond donors (Lipinski definition) is 0. The molecule has 1 nitrogen and oxygen atoms in total. The van der Waals surface area contributed by atoms with Crippen molar-refractivity contribution in [3.05, 3.63) is 27.5 Å². The van der Waals surface area contributed by atoms with Crippen LogP contribution in [0.5, 0.6) is 0 Å². The van der Waals surface area contributed by atoms with Crippen molar-refractivity contribution < 1.29 is 22.0 Å². The second-order valence-corrected chi connectivity index (χ2v) is 4.11. The van der Waals surface area contributed by atoms with Gasteiger partial charge >= 0.3 is 6.18 Å². The van der Waals surface area contributed by atoms with Crippen molar-refractivity contribution in [1.82, 2.24) is 4.98 Å². The van der Waals surface area contributed by atoms with Crippen molar-refractivity contribution in [2.24, 2.45) is 0 Å². The normalized spacial score (nSPS) is 12.2. The SMILES string of the molecule is FC(F)c1cc(C(F)(F)F)nc(Br)c1CBr. The minimum Gasteiger partial charge on any atom is -0.236 e. The number of pyridine rings is 1. The first-order valence-corrected chi connectivity index (χ1v) is 5.79. The van der Waals surface area contributed by atoms with Gasteiger partial charge in [0.25, 0.3) is 6.43 Å². The van der Waals surface area contributed by atoms with Crippen molar-refractivity contribution in [2.75, 3.05) is 0 Å². The quantitative estimate of drug-likeness (QED) is 0.419. The second kappa shape index (κ2) is 4.95. The van der Waals surface area contributed by atoms with Crippen LogP contribution in [0.1, 0.15) is 23.2 Å². The number of rotatable bonds is 2. The molecular formula is C8H4Br2F5N. The summed E-state index contributed by atoms with van der Waals surface area (Å²) in [5.41, 5.74) is -1.99. The minimum absolute atomic E-state index is 0.00159. The fourth-order valence-corrected chi connectivity index (χ4v) is 2.56. The molecule has 0 fully saturated rings. The maximum absolute atomic E-state index is 12.5. The van der Waals surface area contributed by atoms with Crippen LogP contribution in [0, 0.1) is 0 Å². The van der Waals surface area contributed by atoms with E-state index < -0.39 is 23.9 Å². The molecule has 0 aromatic carbocycles. The van der Waals surface area contributed by atoms with Crippen LogP contribution in [-0.2, 0) is 11.5 Å². The molecule has 1 heterocycles. The molecule has 1 aromatic rings. The topological polar surface area (TPSA) is 12.9 Å². The third-order valence-electron chi connectivity index (χ3n) is 1.77. The predicted molar refractivity (Wildman–Crippen MR) is 54.5 cm³/mol. The van der Waals surface area contributed by atoms with Gasteiger partial charge in [0.05, 0.1) is 0 Å². The Bertz CT molecular complexity index is 391. The summed E-state index contributed by atoms with van der Waals surface area (Å²) in [5, 5.41) is -0.00159. The van der Waals surface area contributed by atoms with E-state index in [4.69, 9.17) is 0 Å². The minimum atomic E-state index is -4.74. The summed E-state index contributed by atoms with van der Waals surface area (Å²) in [6.45, 7) is 0. The molecule has 0 atom stereocenters. The summed E-state index contributed by atoms with van der Waals surface area (Å²) in [6.07, 6.45) is -7.72. The number of alkyl halides is 6. The lowest BCUT2D eigenvalue weighted by atomic mass is 10.1. The Morgan fingerprint density at radius 1 is 1.31 bits per heavy atom. The molecule has 8 heteroatoms. The van der Waals surface area contributed by atoms with Gasteiger partial charge < -0.3 is 0 Å². The molecule has 16 heavy (non-hydrogen) atoms. The molecule has 0 amide bonds. The van der Waals surface area contributed by atoms with Gasteiger partial charge in [-0.2, -0.15) is 13.2 Å². The Morgan fingerprint density at radius 3 is 2.25 bits per heavy atom. The molecule has 1 aromatic heterocycles. The molecule has 0 bridgehead atoms. The van der Waals surface area contributed by atoms with Gasteiger partial charge in [-0.15, -0.1) is 0 Å². The van der Waals surface area contributed by atoms with Gasteiger partial charge in [0.15, 0.2) is 0 Å². The first-order chi connectivity index (χ1) is 7.27. The number of nitrogens with zero attached hydrogens (tertiary/aromatic N) is 1. The fraction of sp³-hybridized carbons (Fsp3) is 0.375. The molecule has 0 radical (unpaired) electrons. The number of halogens is 7. The highest BCUT2D eigenvalue weighted by Crippen LogP contribution is 2.35. The van der Waals surface area contributed by atoms with Crippen LogP contribution in [0.2, 0.25) is 0 Å². The molecule has 1 rings (SSSR count). The van der Waals surface area contributed by atoms with Crippen LogP contribution in [0.25, 0.3) is 0 Å². The van der Waals surface area contributed by atoms with E-state index in [0.29, 0.717) is 6.07 Å². The fourth-order valence-electron chi connectivity index (χ4n) is 1.03. The van der Waals surface area contributed by atoms with E-state index in [1.807, 2.05) is 0 Å². The maximum Gasteiger partial charge on any atom is 0.433 e. The van der Waals surface area contributed by atoms with E-state index in [0.717, 1.165) is 0 Å². The smallest absolute Gasteiger partial charge is 0.236 e. The molecule has 0 aliphatic carbocycles. The Balaban J connectivity index is 3.40. The second-order valence-electron chi connectivity index (χ2n) is 2.80. The summed E-state index contributed by atoms with van der Waals surface area (Å²) >= 11 is 5.66. The average Bonchev–Trinajstić information content (AvgIpc) is 2.14. The van der Waals surface area contributed by atoms with E-state index in [-0.39, 0.29) is 15.5 Å². The van der Waals surface area contributed by atoms with Gasteiger partial charge in [0, 0.05) is 16.5 Å². The lowest BCUT2D eigenvalue weighted by Gasteiger charge is -2.12. The molecule has 0 N–H and O–H groups in total. The lowest BCUT2D eigenvalue weighted by Crippen LogP contribution is -2.11. The first-order valence-electron chi connectivity index (χ1n) is 3.88. The van der Waals surface area contributed by atoms with E-state index in [2.05, 4.69) is 36.8 Å². The first kappa shape index (κ1) is 13.8. The zero-order chi connectivity index (χ0) is 12.5. The zero-order valence-corrected chi connectivity index (χ0v) is 10.6. The third kappa shape index (κ3) is 2.91. The number of aromatic nitrogens is 1. The molecule has 0 aliphatic rings. The highest BCUT2D eigenvalue weighted by atomic mass is 79.9. The summed E-state index contributed by atoms with van der Waals surface area (Å²) in [7, 11) is 0. The van der Waals surface area contributed by atoms with Crippen LogP contribution in [0.4, 0.5) is 22.0 Å². The summed E-state index contributed by atoms with van der Waals surface area (Å²) < 4.78 is 61.7. The average molecular weight is 369 g/mol. The lowest BCUT2D eigenvalue weighted by molar-refractivity contribution is -0.141. The van der Waals surface area contributed by atoms with E-state index in [9.17, 15) is 22.0 Å². The third-order valence-corrected chi connectivity index (χ3v) is 2.98. The standard InChI is InChI=1S/C8H4Br2F5N/c9-2-4-3(7(11)12)1-5(8(13,14)15)16-6(4)10/h1,7H,2H2. The Labute approximate surface area is 104 Å². The van der Waals surface area contributed by atoms with Gasteiger partial charge in [-0.3, -0.25) is 0 Å². The van der Waals surface area contributed by atoms with Gasteiger partial charge in [0.2, 0.25) is 0 Å². The maximum atomic E-state index is 12.5. The van der Waals surface area contributed by atoms with Crippen LogP contribution < -0.4 is 0 Å². The molecular weight excluding hydrogens is 365 g/mol. The van der Waals surface area contributed by atoms with Crippen molar-refractivity contribution in [1.29, 1.82) is 0 Å². The Hall–Kier alpha value is -0.240. The van der Waals surface area contributed by atoms with Gasteiger partial charge in [-0.1, -0.05) is 15.9 Å². The van der Waals surface area contributed by atoms with Crippen molar-refractivity contribution in [3.8, 4) is 0 Å². The molecule has 0 saturated carbocycles. The van der Waals surface area contributed by atoms with Crippen LogP contribution in [0.15, 0.2) is 10.7 Å². The van der Waals surface area contributed by atoms with Crippen molar-refractivity contribution >= 4 is 31.9 Å². The van der Waals surface area contributed by atoms with E-state index in [1.165, 1.54) is 0 Å². The van der Waals surface area contributed by atoms with E-state index in [1.54, 1.807) is 0 Å². The highest BCUT2D eigenvalue weighted by molar-refractivity contribution is 9.10. The van der Waals surface area contributed by atoms with Gasteiger partial charge in [0.1, 0.15) is 10.3 Å². The van der Waals surface area contributed by atoms with Crippen molar-refractivity contribution in [3.63, 3.8) is 0 Å². The molecule has 0 saturated heterocycles. The van der Waals surface area contributed by atoms with Crippen LogP contribution in [-0.4, -0.2) is 4.98 Å². The van der Waals surface area contributed by atoms with Gasteiger partial charge in [-0.05, 0) is 22.0 Å². The van der Waals surface area contributed by atoms with E-state index >= 15 is 0 Å². The molecule has 90 valence electrons. The van der Waals surface area contributed by atoms with Crippen LogP contribution >= 0.6 is 31.9 Å². The van der Waals surface area contributed by atoms with Gasteiger partial charge in [-0.25, -0.2) is 13.8 Å². The highest BCUT2D eigenvalue weighted by Gasteiger charge is 2.34.